The minimum Gasteiger partial charge on any atom is -1.00 e. The number of phenols is 3. The molecule has 0 unspecified atom stereocenters. The molecule has 20 heteroatoms. The second-order valence-electron chi connectivity index (χ2n) is 14.4. The molecule has 75 heavy (non-hydrogen) atoms. The average molecular weight is 1090 g/mol. The van der Waals surface area contributed by atoms with Crippen LogP contribution in [0.25, 0.3) is 24.3 Å². The fourth-order valence-electron chi connectivity index (χ4n) is 6.08. The van der Waals surface area contributed by atoms with Crippen molar-refractivity contribution in [3.8, 4) is 51.7 Å². The van der Waals surface area contributed by atoms with E-state index in [0.717, 1.165) is 17.5 Å². The summed E-state index contributed by atoms with van der Waals surface area (Å²) in [4.78, 5) is 68.1. The van der Waals surface area contributed by atoms with Gasteiger partial charge in [-0.15, -0.1) is 0 Å². The van der Waals surface area contributed by atoms with E-state index in [1.165, 1.54) is 63.8 Å². The molecular formula is C55H58K2O18. The number of aromatic hydroxyl groups is 3. The van der Waals surface area contributed by atoms with Crippen LogP contribution in [0.3, 0.4) is 0 Å². The third-order valence-electron chi connectivity index (χ3n) is 9.67. The number of allylic oxidation sites excluding steroid dienone is 4. The topological polar surface area (TPSA) is 260 Å². The van der Waals surface area contributed by atoms with E-state index in [-0.39, 0.29) is 162 Å². The molecule has 3 N–H and O–H groups in total. The molecule has 0 atom stereocenters. The van der Waals surface area contributed by atoms with Crippen molar-refractivity contribution in [2.45, 2.75) is 26.9 Å². The summed E-state index contributed by atoms with van der Waals surface area (Å²) < 4.78 is 36.8. The summed E-state index contributed by atoms with van der Waals surface area (Å²) in [6.07, 6.45) is 10.3. The monoisotopic (exact) mass is 1080 g/mol. The first-order valence-corrected chi connectivity index (χ1v) is 21.8. The van der Waals surface area contributed by atoms with Crippen molar-refractivity contribution in [2.75, 3.05) is 48.8 Å². The molecule has 0 aliphatic carbocycles. The van der Waals surface area contributed by atoms with Gasteiger partial charge in [0.1, 0.15) is 12.0 Å². The standard InChI is InChI=1S/C26H30O6.C20H18O6.C8H8O3.CH2O3.2K.H/c1-5-11-32-24-10-8-20(15-26(24)30-4)13-23(17-28)22(16-27)12-19-7-9-21(18-31-6-2)25(14-19)29-3;1-25-19-9-13(3-5-17(19)23)7-15(11-21)16(12-22)8-14-4-6-18(24)20(10-14)26-2;1-11-8-4-6(5-9)2-3-7(8)10;2-1-4-3;;;/h7-10,12-17H,5-6,11,18H2,1-4H3;3-12,23-24H,1-2H3;2-5,10H,1H3;1,3H;;;/q;;;;2*+1;-1/p-1/b22-12+,23-13+;15-7+,16-8+;;;;;. The molecule has 0 aliphatic rings. The van der Waals surface area contributed by atoms with Crippen LogP contribution in [0, 0.1) is 0 Å². The van der Waals surface area contributed by atoms with Crippen molar-refractivity contribution < 1.29 is 192 Å². The normalized spacial score (nSPS) is 10.7. The predicted molar refractivity (Wildman–Crippen MR) is 271 cm³/mol. The minimum absolute atomic E-state index is 0. The second kappa shape index (κ2) is 39.7. The summed E-state index contributed by atoms with van der Waals surface area (Å²) in [5.74, 6) is 2.65. The molecule has 0 bridgehead atoms. The van der Waals surface area contributed by atoms with Gasteiger partial charge in [0.05, 0.1) is 48.8 Å². The Morgan fingerprint density at radius 3 is 1.15 bits per heavy atom. The maximum Gasteiger partial charge on any atom is 1.00 e. The van der Waals surface area contributed by atoms with Gasteiger partial charge in [-0.3, -0.25) is 28.8 Å². The number of aldehydes is 5. The van der Waals surface area contributed by atoms with Crippen LogP contribution in [-0.2, 0) is 40.2 Å². The molecule has 0 saturated heterocycles. The van der Waals surface area contributed by atoms with Crippen LogP contribution in [0.1, 0.15) is 59.9 Å². The van der Waals surface area contributed by atoms with Gasteiger partial charge in [0, 0.05) is 40.0 Å². The van der Waals surface area contributed by atoms with Crippen LogP contribution in [0.2, 0.25) is 0 Å². The maximum atomic E-state index is 11.8. The quantitative estimate of drug-likeness (QED) is 0.0210. The zero-order chi connectivity index (χ0) is 54.1. The van der Waals surface area contributed by atoms with Gasteiger partial charge in [-0.2, -0.15) is 0 Å². The van der Waals surface area contributed by atoms with E-state index < -0.39 is 0 Å². The van der Waals surface area contributed by atoms with Gasteiger partial charge in [-0.1, -0.05) is 37.3 Å². The SMILES string of the molecule is CCCOc1ccc(/C=C(C=O)/C(C=O)=C/c2ccc(COCC)c(OC)c2)cc1OC.COc1cc(/C=C(C=O)/C(C=O)=C/c2ccc(O)c(OC)c2)ccc1O.COc1cc(C=O)ccc1O.O=CO[O-].[H-].[K+].[K+]. The van der Waals surface area contributed by atoms with E-state index in [1.807, 2.05) is 38.1 Å². The van der Waals surface area contributed by atoms with Crippen molar-refractivity contribution in [2.24, 2.45) is 0 Å². The molecule has 0 aliphatic heterocycles. The molecule has 5 aromatic carbocycles. The Hall–Kier alpha value is -5.73. The number of hydrogen-bond donors (Lipinski definition) is 3. The second-order valence-corrected chi connectivity index (χ2v) is 14.4. The number of methoxy groups -OCH3 is 5. The summed E-state index contributed by atoms with van der Waals surface area (Å²) in [5, 5.41) is 36.8. The molecular weight excluding hydrogens is 1030 g/mol. The number of carbonyl (C=O) groups is 6. The van der Waals surface area contributed by atoms with Gasteiger partial charge in [-0.25, -0.2) is 0 Å². The van der Waals surface area contributed by atoms with Crippen LogP contribution < -0.4 is 136 Å². The number of phenolic OH excluding ortho intramolecular Hbond substituents is 3. The summed E-state index contributed by atoms with van der Waals surface area (Å²) in [7, 11) is 7.40. The smallest absolute Gasteiger partial charge is 1.00 e. The van der Waals surface area contributed by atoms with Gasteiger partial charge in [0.2, 0.25) is 0 Å². The third kappa shape index (κ3) is 23.8. The molecule has 388 valence electrons. The van der Waals surface area contributed by atoms with Crippen LogP contribution >= 0.6 is 0 Å². The van der Waals surface area contributed by atoms with E-state index in [4.69, 9.17) is 48.3 Å². The van der Waals surface area contributed by atoms with E-state index in [1.54, 1.807) is 62.8 Å². The Morgan fingerprint density at radius 1 is 0.480 bits per heavy atom. The number of ether oxygens (including phenoxy) is 7. The Kier molecular flexibility index (Phi) is 36.6. The fourth-order valence-corrected chi connectivity index (χ4v) is 6.08. The number of hydrogen-bond acceptors (Lipinski definition) is 18. The zero-order valence-electron chi connectivity index (χ0n) is 44.2. The van der Waals surface area contributed by atoms with Gasteiger partial charge in [0.25, 0.3) is 6.47 Å². The van der Waals surface area contributed by atoms with Crippen LogP contribution in [0.4, 0.5) is 0 Å². The number of rotatable bonds is 23. The van der Waals surface area contributed by atoms with Gasteiger partial charge in [-0.05, 0) is 121 Å². The summed E-state index contributed by atoms with van der Waals surface area (Å²) in [6.45, 7) is 5.38. The minimum atomic E-state index is -0.181. The number of benzene rings is 5. The van der Waals surface area contributed by atoms with E-state index in [0.29, 0.717) is 96.5 Å². The van der Waals surface area contributed by atoms with E-state index in [9.17, 15) is 34.2 Å². The molecule has 18 nitrogen and oxygen atoms in total. The fraction of sp³-hybridized carbons (Fsp3) is 0.200. The largest absolute Gasteiger partial charge is 1.00 e. The first-order chi connectivity index (χ1) is 35.3. The Bertz CT molecular complexity index is 2600. The Morgan fingerprint density at radius 2 is 0.813 bits per heavy atom. The molecule has 0 saturated carbocycles. The molecule has 0 fully saturated rings. The van der Waals surface area contributed by atoms with Gasteiger partial charge < -0.3 is 60.0 Å². The van der Waals surface area contributed by atoms with Gasteiger partial charge in [0.15, 0.2) is 71.1 Å². The molecule has 5 rings (SSSR count). The predicted octanol–water partition coefficient (Wildman–Crippen LogP) is 1.64. The number of carbonyl (C=O) groups excluding carboxylic acids is 6. The summed E-state index contributed by atoms with van der Waals surface area (Å²) in [6, 6.07) is 24.5. The summed E-state index contributed by atoms with van der Waals surface area (Å²) in [5.41, 5.74) is 4.81. The summed E-state index contributed by atoms with van der Waals surface area (Å²) >= 11 is 0. The Labute approximate surface area is 521 Å². The molecule has 0 heterocycles. The molecule has 0 spiro atoms. The van der Waals surface area contributed by atoms with Crippen molar-refractivity contribution in [3.63, 3.8) is 0 Å². The zero-order valence-corrected chi connectivity index (χ0v) is 49.5. The van der Waals surface area contributed by atoms with Crippen LogP contribution in [0.15, 0.2) is 113 Å². The maximum absolute atomic E-state index is 11.8. The van der Waals surface area contributed by atoms with Crippen molar-refractivity contribution in [3.05, 3.63) is 147 Å². The Balaban J connectivity index is 0. The first-order valence-electron chi connectivity index (χ1n) is 21.8. The average Bonchev–Trinajstić information content (AvgIpc) is 3.43. The van der Waals surface area contributed by atoms with Crippen molar-refractivity contribution in [1.82, 2.24) is 0 Å². The van der Waals surface area contributed by atoms with E-state index >= 15 is 0 Å². The van der Waals surface area contributed by atoms with E-state index in [2.05, 4.69) is 4.89 Å². The third-order valence-corrected chi connectivity index (χ3v) is 9.67. The van der Waals surface area contributed by atoms with Crippen molar-refractivity contribution in [1.29, 1.82) is 0 Å². The molecule has 0 amide bonds. The van der Waals surface area contributed by atoms with Crippen molar-refractivity contribution >= 4 is 62.2 Å². The van der Waals surface area contributed by atoms with Crippen LogP contribution in [-0.4, -0.2) is 102 Å². The first kappa shape index (κ1) is 69.3. The van der Waals surface area contributed by atoms with Crippen LogP contribution in [0.5, 0.6) is 51.7 Å². The molecule has 0 radical (unpaired) electrons. The molecule has 0 aromatic heterocycles. The molecule has 5 aromatic rings. The van der Waals surface area contributed by atoms with Gasteiger partial charge >= 0.3 is 103 Å².